The van der Waals surface area contributed by atoms with Gasteiger partial charge in [-0.15, -0.1) is 4.37 Å². The molecule has 0 amide bonds. The summed E-state index contributed by atoms with van der Waals surface area (Å²) in [6, 6.07) is 0. The van der Waals surface area contributed by atoms with E-state index in [-0.39, 0.29) is 42.1 Å². The molecule has 8 heteroatoms. The van der Waals surface area contributed by atoms with Gasteiger partial charge in [0, 0.05) is 18.9 Å². The lowest BCUT2D eigenvalue weighted by Gasteiger charge is -2.41. The SMILES string of the molecule is CCCCCCOc1nsnc1C1=CCC[N+](C)(C(C)OC(=O)C2CCCCC2)C1.[I-]. The van der Waals surface area contributed by atoms with Crippen molar-refractivity contribution in [2.45, 2.75) is 84.3 Å². The van der Waals surface area contributed by atoms with Crippen molar-refractivity contribution >= 4 is 23.3 Å². The molecule has 1 saturated carbocycles. The summed E-state index contributed by atoms with van der Waals surface area (Å²) in [4.78, 5) is 12.7. The summed E-state index contributed by atoms with van der Waals surface area (Å²) in [6.45, 7) is 6.66. The van der Waals surface area contributed by atoms with E-state index in [1.807, 2.05) is 6.92 Å². The topological polar surface area (TPSA) is 61.3 Å². The van der Waals surface area contributed by atoms with Gasteiger partial charge < -0.3 is 33.5 Å². The second-order valence-corrected chi connectivity index (χ2v) is 9.61. The number of quaternary nitrogens is 1. The molecular weight excluding hydrogens is 525 g/mol. The zero-order valence-corrected chi connectivity index (χ0v) is 22.3. The molecule has 1 aliphatic heterocycles. The number of aromatic nitrogens is 2. The number of ether oxygens (including phenoxy) is 2. The zero-order valence-electron chi connectivity index (χ0n) is 19.3. The first-order valence-corrected chi connectivity index (χ1v) is 12.5. The van der Waals surface area contributed by atoms with E-state index < -0.39 is 0 Å². The summed E-state index contributed by atoms with van der Waals surface area (Å²) in [7, 11) is 2.18. The molecule has 2 aliphatic rings. The van der Waals surface area contributed by atoms with Crippen molar-refractivity contribution in [3.63, 3.8) is 0 Å². The summed E-state index contributed by atoms with van der Waals surface area (Å²) in [5.41, 5.74) is 2.02. The van der Waals surface area contributed by atoms with E-state index in [0.29, 0.717) is 17.0 Å². The predicted octanol–water partition coefficient (Wildman–Crippen LogP) is 2.20. The van der Waals surface area contributed by atoms with E-state index in [2.05, 4.69) is 28.8 Å². The molecule has 2 atom stereocenters. The first-order chi connectivity index (χ1) is 14.5. The number of likely N-dealkylation sites (N-methyl/N-ethyl adjacent to an activating group) is 1. The Labute approximate surface area is 208 Å². The molecule has 0 radical (unpaired) electrons. The highest BCUT2D eigenvalue weighted by Gasteiger charge is 2.37. The van der Waals surface area contributed by atoms with Gasteiger partial charge in [0.2, 0.25) is 6.23 Å². The van der Waals surface area contributed by atoms with Gasteiger partial charge in [0.15, 0.2) is 0 Å². The molecule has 3 rings (SSSR count). The highest BCUT2D eigenvalue weighted by Crippen LogP contribution is 2.32. The van der Waals surface area contributed by atoms with Crippen molar-refractivity contribution < 1.29 is 42.7 Å². The summed E-state index contributed by atoms with van der Waals surface area (Å²) in [5, 5.41) is 0. The molecule has 0 spiro atoms. The molecule has 1 aliphatic carbocycles. The number of rotatable bonds is 10. The van der Waals surface area contributed by atoms with Gasteiger partial charge in [0.25, 0.3) is 5.88 Å². The third-order valence-corrected chi connectivity index (χ3v) is 7.18. The number of halogens is 1. The van der Waals surface area contributed by atoms with E-state index in [9.17, 15) is 4.79 Å². The van der Waals surface area contributed by atoms with Crippen molar-refractivity contribution in [1.29, 1.82) is 0 Å². The minimum atomic E-state index is -0.173. The van der Waals surface area contributed by atoms with Gasteiger partial charge in [-0.2, -0.15) is 4.37 Å². The Kier molecular flexibility index (Phi) is 11.2. The average Bonchev–Trinajstić information content (AvgIpc) is 3.23. The fourth-order valence-electron chi connectivity index (χ4n) is 4.45. The van der Waals surface area contributed by atoms with E-state index in [0.717, 1.165) is 62.9 Å². The fourth-order valence-corrected chi connectivity index (χ4v) is 4.98. The van der Waals surface area contributed by atoms with Crippen LogP contribution in [0.25, 0.3) is 5.57 Å². The molecular formula is C23H38IN3O3S. The molecule has 1 aromatic rings. The number of hydrogen-bond acceptors (Lipinski definition) is 6. The molecule has 1 fully saturated rings. The van der Waals surface area contributed by atoms with Crippen LogP contribution in [0.3, 0.4) is 0 Å². The first-order valence-electron chi connectivity index (χ1n) is 11.7. The van der Waals surface area contributed by atoms with E-state index >= 15 is 0 Å². The van der Waals surface area contributed by atoms with Gasteiger partial charge in [-0.25, -0.2) is 0 Å². The first kappa shape index (κ1) is 26.5. The number of carbonyl (C=O) groups is 1. The molecule has 176 valence electrons. The fraction of sp³-hybridized carbons (Fsp3) is 0.783. The van der Waals surface area contributed by atoms with Crippen molar-refractivity contribution in [2.75, 3.05) is 26.7 Å². The quantitative estimate of drug-likeness (QED) is 0.189. The van der Waals surface area contributed by atoms with Crippen LogP contribution >= 0.6 is 11.7 Å². The molecule has 31 heavy (non-hydrogen) atoms. The predicted molar refractivity (Wildman–Crippen MR) is 120 cm³/mol. The number of unbranched alkanes of at least 4 members (excludes halogenated alkanes) is 3. The Morgan fingerprint density at radius 1 is 1.23 bits per heavy atom. The Balaban J connectivity index is 0.00000341. The van der Waals surface area contributed by atoms with Gasteiger partial charge in [-0.05, 0) is 19.3 Å². The normalized spacial score (nSPS) is 22.9. The molecule has 0 N–H and O–H groups in total. The summed E-state index contributed by atoms with van der Waals surface area (Å²) in [6.07, 6.45) is 13.2. The molecule has 1 aromatic heterocycles. The number of esters is 1. The van der Waals surface area contributed by atoms with Crippen LogP contribution in [0.4, 0.5) is 0 Å². The Morgan fingerprint density at radius 3 is 2.74 bits per heavy atom. The van der Waals surface area contributed by atoms with Gasteiger partial charge in [-0.1, -0.05) is 51.5 Å². The van der Waals surface area contributed by atoms with Crippen LogP contribution in [0.15, 0.2) is 6.08 Å². The molecule has 0 aromatic carbocycles. The minimum Gasteiger partial charge on any atom is -1.00 e. The van der Waals surface area contributed by atoms with Crippen LogP contribution in [0.2, 0.25) is 0 Å². The van der Waals surface area contributed by atoms with Crippen LogP contribution in [0, 0.1) is 5.92 Å². The Bertz CT molecular complexity index is 721. The second-order valence-electron chi connectivity index (χ2n) is 9.08. The largest absolute Gasteiger partial charge is 1.00 e. The number of carbonyl (C=O) groups excluding carboxylic acids is 1. The van der Waals surface area contributed by atoms with Crippen LogP contribution < -0.4 is 28.7 Å². The zero-order chi connectivity index (χ0) is 21.4. The maximum Gasteiger partial charge on any atom is 0.313 e. The number of nitrogens with zero attached hydrogens (tertiary/aromatic N) is 3. The van der Waals surface area contributed by atoms with Crippen LogP contribution in [0.1, 0.15) is 83.7 Å². The van der Waals surface area contributed by atoms with Crippen LogP contribution in [-0.4, -0.2) is 52.2 Å². The standard InChI is InChI=1S/C23H38N3O3S.HI/c1-4-5-6-10-16-28-22-21(24-30-25-22)20-14-11-15-26(3,17-20)18(2)29-23(27)19-12-8-7-9-13-19;/h14,18-19H,4-13,15-17H2,1-3H3;1H/q+1;/p-1. The lowest BCUT2D eigenvalue weighted by Crippen LogP contribution is -3.00. The highest BCUT2D eigenvalue weighted by molar-refractivity contribution is 6.99. The Morgan fingerprint density at radius 2 is 2.00 bits per heavy atom. The van der Waals surface area contributed by atoms with E-state index in [1.54, 1.807) is 0 Å². The van der Waals surface area contributed by atoms with Crippen molar-refractivity contribution in [2.24, 2.45) is 5.92 Å². The number of hydrogen-bond donors (Lipinski definition) is 0. The lowest BCUT2D eigenvalue weighted by atomic mass is 9.89. The molecule has 2 heterocycles. The Hall–Kier alpha value is -0.740. The van der Waals surface area contributed by atoms with Crippen LogP contribution in [-0.2, 0) is 9.53 Å². The van der Waals surface area contributed by atoms with Crippen molar-refractivity contribution in [3.05, 3.63) is 11.8 Å². The third kappa shape index (κ3) is 7.39. The maximum absolute atomic E-state index is 12.7. The van der Waals surface area contributed by atoms with Gasteiger partial charge in [0.1, 0.15) is 12.2 Å². The summed E-state index contributed by atoms with van der Waals surface area (Å²) < 4.78 is 21.5. The van der Waals surface area contributed by atoms with Crippen LogP contribution in [0.5, 0.6) is 5.88 Å². The average molecular weight is 564 g/mol. The van der Waals surface area contributed by atoms with Gasteiger partial charge in [-0.3, -0.25) is 9.28 Å². The second kappa shape index (κ2) is 13.1. The van der Waals surface area contributed by atoms with Gasteiger partial charge in [0.05, 0.1) is 37.8 Å². The van der Waals surface area contributed by atoms with E-state index in [4.69, 9.17) is 9.47 Å². The van der Waals surface area contributed by atoms with Gasteiger partial charge >= 0.3 is 5.97 Å². The monoisotopic (exact) mass is 563 g/mol. The molecule has 6 nitrogen and oxygen atoms in total. The maximum atomic E-state index is 12.7. The highest BCUT2D eigenvalue weighted by atomic mass is 127. The van der Waals surface area contributed by atoms with E-state index in [1.165, 1.54) is 37.4 Å². The molecule has 0 bridgehead atoms. The lowest BCUT2D eigenvalue weighted by molar-refractivity contribution is -0.944. The van der Waals surface area contributed by atoms with Crippen molar-refractivity contribution in [3.8, 4) is 5.88 Å². The van der Waals surface area contributed by atoms with Crippen molar-refractivity contribution in [1.82, 2.24) is 8.75 Å². The third-order valence-electron chi connectivity index (χ3n) is 6.66. The summed E-state index contributed by atoms with van der Waals surface area (Å²) in [5.74, 6) is 0.732. The smallest absolute Gasteiger partial charge is 0.313 e. The molecule has 0 saturated heterocycles. The molecule has 2 unspecified atom stereocenters. The minimum absolute atomic E-state index is 0. The summed E-state index contributed by atoms with van der Waals surface area (Å²) >= 11 is 1.21.